The van der Waals surface area contributed by atoms with Crippen LogP contribution in [0.25, 0.3) is 0 Å². The van der Waals surface area contributed by atoms with E-state index in [-0.39, 0.29) is 11.4 Å². The number of rotatable bonds is 7. The van der Waals surface area contributed by atoms with Crippen molar-refractivity contribution in [3.8, 4) is 5.75 Å². The van der Waals surface area contributed by atoms with Gasteiger partial charge in [0, 0.05) is 16.9 Å². The lowest BCUT2D eigenvalue weighted by molar-refractivity contribution is -0.137. The van der Waals surface area contributed by atoms with Crippen molar-refractivity contribution in [2.24, 2.45) is 5.10 Å². The zero-order valence-corrected chi connectivity index (χ0v) is 18.9. The highest BCUT2D eigenvalue weighted by Crippen LogP contribution is 2.30. The lowest BCUT2D eigenvalue weighted by Crippen LogP contribution is -2.32. The Morgan fingerprint density at radius 1 is 0.889 bits per heavy atom. The van der Waals surface area contributed by atoms with Crippen LogP contribution >= 0.6 is 0 Å². The number of halogens is 3. The highest BCUT2D eigenvalue weighted by Gasteiger charge is 2.30. The standard InChI is InChI=1S/C25H21F3N4O4/c1-16-9-11-19(12-10-16)31-23(34)24(35)32-29-14-17-5-2-3-8-21(17)36-15-22(33)30-20-7-4-6-18(13-20)25(26,27)28/h2-14H,15H2,1H3,(H,30,33)(H,31,34)(H,32,35)/b29-14-. The molecular weight excluding hydrogens is 477 g/mol. The number of benzene rings is 3. The van der Waals surface area contributed by atoms with Gasteiger partial charge in [-0.1, -0.05) is 35.9 Å². The van der Waals surface area contributed by atoms with Gasteiger partial charge in [-0.25, -0.2) is 5.43 Å². The van der Waals surface area contributed by atoms with Crippen molar-refractivity contribution in [1.29, 1.82) is 0 Å². The zero-order chi connectivity index (χ0) is 26.1. The molecule has 8 nitrogen and oxygen atoms in total. The third-order valence-electron chi connectivity index (χ3n) is 4.64. The van der Waals surface area contributed by atoms with Crippen molar-refractivity contribution in [2.45, 2.75) is 13.1 Å². The summed E-state index contributed by atoms with van der Waals surface area (Å²) in [6, 6.07) is 17.5. The van der Waals surface area contributed by atoms with E-state index in [1.807, 2.05) is 6.92 Å². The molecule has 3 aromatic carbocycles. The number of nitrogens with one attached hydrogen (secondary N) is 3. The van der Waals surface area contributed by atoms with E-state index in [1.165, 1.54) is 24.4 Å². The van der Waals surface area contributed by atoms with Gasteiger partial charge in [0.2, 0.25) is 0 Å². The Bertz CT molecular complexity index is 1270. The van der Waals surface area contributed by atoms with E-state index in [4.69, 9.17) is 4.74 Å². The molecule has 0 aromatic heterocycles. The molecule has 11 heteroatoms. The molecule has 0 radical (unpaired) electrons. The summed E-state index contributed by atoms with van der Waals surface area (Å²) in [5.74, 6) is -2.36. The minimum absolute atomic E-state index is 0.0279. The molecule has 0 unspecified atom stereocenters. The number of carbonyl (C=O) groups excluding carboxylic acids is 3. The normalized spacial score (nSPS) is 11.1. The summed E-state index contributed by atoms with van der Waals surface area (Å²) in [6.07, 6.45) is -3.32. The van der Waals surface area contributed by atoms with Gasteiger partial charge in [-0.05, 0) is 49.4 Å². The van der Waals surface area contributed by atoms with E-state index in [2.05, 4.69) is 21.2 Å². The third kappa shape index (κ3) is 7.69. The van der Waals surface area contributed by atoms with Crippen molar-refractivity contribution in [3.05, 3.63) is 89.5 Å². The molecule has 186 valence electrons. The SMILES string of the molecule is Cc1ccc(NC(=O)C(=O)N/N=C\c2ccccc2OCC(=O)Nc2cccc(C(F)(F)F)c2)cc1. The molecule has 0 saturated heterocycles. The van der Waals surface area contributed by atoms with Crippen molar-refractivity contribution >= 4 is 35.3 Å². The molecule has 3 amide bonds. The monoisotopic (exact) mass is 498 g/mol. The fourth-order valence-electron chi connectivity index (χ4n) is 2.87. The number of aryl methyl sites for hydroxylation is 1. The molecule has 3 N–H and O–H groups in total. The van der Waals surface area contributed by atoms with E-state index >= 15 is 0 Å². The minimum Gasteiger partial charge on any atom is -0.483 e. The lowest BCUT2D eigenvalue weighted by Gasteiger charge is -2.11. The number of hydrazone groups is 1. The first-order valence-electron chi connectivity index (χ1n) is 10.5. The van der Waals surface area contributed by atoms with E-state index in [9.17, 15) is 27.6 Å². The van der Waals surface area contributed by atoms with Crippen molar-refractivity contribution in [3.63, 3.8) is 0 Å². The van der Waals surface area contributed by atoms with Crippen molar-refractivity contribution in [2.75, 3.05) is 17.2 Å². The number of hydrogen-bond acceptors (Lipinski definition) is 5. The fraction of sp³-hybridized carbons (Fsp3) is 0.120. The Morgan fingerprint density at radius 3 is 2.33 bits per heavy atom. The molecule has 0 fully saturated rings. The molecule has 36 heavy (non-hydrogen) atoms. The first-order valence-corrected chi connectivity index (χ1v) is 10.5. The van der Waals surface area contributed by atoms with Crippen LogP contribution in [0, 0.1) is 6.92 Å². The van der Waals surface area contributed by atoms with Gasteiger partial charge in [0.15, 0.2) is 6.61 Å². The maximum absolute atomic E-state index is 12.8. The van der Waals surface area contributed by atoms with E-state index in [0.29, 0.717) is 11.3 Å². The quantitative estimate of drug-likeness (QED) is 0.259. The Morgan fingerprint density at radius 2 is 1.61 bits per heavy atom. The zero-order valence-electron chi connectivity index (χ0n) is 18.9. The van der Waals surface area contributed by atoms with Crippen LogP contribution in [0.2, 0.25) is 0 Å². The molecule has 0 spiro atoms. The predicted octanol–water partition coefficient (Wildman–Crippen LogP) is 4.12. The van der Waals surface area contributed by atoms with Gasteiger partial charge in [0.05, 0.1) is 11.8 Å². The highest BCUT2D eigenvalue weighted by molar-refractivity contribution is 6.39. The summed E-state index contributed by atoms with van der Waals surface area (Å²) in [5, 5.41) is 8.51. The summed E-state index contributed by atoms with van der Waals surface area (Å²) in [7, 11) is 0. The average Bonchev–Trinajstić information content (AvgIpc) is 2.84. The maximum atomic E-state index is 12.8. The first kappa shape index (κ1) is 25.9. The number of para-hydroxylation sites is 1. The van der Waals surface area contributed by atoms with Gasteiger partial charge in [-0.3, -0.25) is 14.4 Å². The van der Waals surface area contributed by atoms with Crippen molar-refractivity contribution < 1.29 is 32.3 Å². The number of carbonyl (C=O) groups is 3. The molecule has 3 rings (SSSR count). The minimum atomic E-state index is -4.54. The number of amides is 3. The molecule has 0 aliphatic rings. The molecule has 0 bridgehead atoms. The van der Waals surface area contributed by atoms with Crippen LogP contribution in [-0.2, 0) is 20.6 Å². The second-order valence-corrected chi connectivity index (χ2v) is 7.47. The summed E-state index contributed by atoms with van der Waals surface area (Å²) >= 11 is 0. The van der Waals surface area contributed by atoms with Gasteiger partial charge in [0.25, 0.3) is 5.91 Å². The first-order chi connectivity index (χ1) is 17.1. The van der Waals surface area contributed by atoms with Gasteiger partial charge < -0.3 is 15.4 Å². The largest absolute Gasteiger partial charge is 0.483 e. The highest BCUT2D eigenvalue weighted by atomic mass is 19.4. The number of hydrogen-bond donors (Lipinski definition) is 3. The number of alkyl halides is 3. The Labute approximate surface area is 204 Å². The fourth-order valence-corrected chi connectivity index (χ4v) is 2.87. The van der Waals surface area contributed by atoms with E-state index in [0.717, 1.165) is 17.7 Å². The molecule has 0 aliphatic carbocycles. The second kappa shape index (κ2) is 11.6. The molecule has 3 aromatic rings. The Kier molecular flexibility index (Phi) is 8.39. The van der Waals surface area contributed by atoms with Crippen molar-refractivity contribution in [1.82, 2.24) is 5.43 Å². The van der Waals surface area contributed by atoms with Gasteiger partial charge in [-0.2, -0.15) is 18.3 Å². The van der Waals surface area contributed by atoms with Crippen LogP contribution in [0.4, 0.5) is 24.5 Å². The summed E-state index contributed by atoms with van der Waals surface area (Å²) in [6.45, 7) is 1.39. The molecular formula is C25H21F3N4O4. The molecule has 0 saturated carbocycles. The Hall–Kier alpha value is -4.67. The summed E-state index contributed by atoms with van der Waals surface area (Å²) in [4.78, 5) is 36.1. The molecule has 0 atom stereocenters. The van der Waals surface area contributed by atoms with Gasteiger partial charge >= 0.3 is 18.0 Å². The van der Waals surface area contributed by atoms with E-state index in [1.54, 1.807) is 42.5 Å². The third-order valence-corrected chi connectivity index (χ3v) is 4.64. The molecule has 0 heterocycles. The van der Waals surface area contributed by atoms with Gasteiger partial charge in [0.1, 0.15) is 5.75 Å². The lowest BCUT2D eigenvalue weighted by atomic mass is 10.2. The number of nitrogens with zero attached hydrogens (tertiary/aromatic N) is 1. The summed E-state index contributed by atoms with van der Waals surface area (Å²) in [5.41, 5.74) is 3.00. The average molecular weight is 498 g/mol. The van der Waals surface area contributed by atoms with Crippen LogP contribution in [0.15, 0.2) is 77.9 Å². The predicted molar refractivity (Wildman–Crippen MR) is 128 cm³/mol. The van der Waals surface area contributed by atoms with Gasteiger partial charge in [-0.15, -0.1) is 0 Å². The van der Waals surface area contributed by atoms with E-state index < -0.39 is 36.1 Å². The van der Waals surface area contributed by atoms with Crippen LogP contribution < -0.4 is 20.8 Å². The number of ether oxygens (including phenoxy) is 1. The van der Waals surface area contributed by atoms with Crippen LogP contribution in [0.5, 0.6) is 5.75 Å². The summed E-state index contributed by atoms with van der Waals surface area (Å²) < 4.78 is 43.9. The van der Waals surface area contributed by atoms with Crippen LogP contribution in [0.3, 0.4) is 0 Å². The molecule has 0 aliphatic heterocycles. The number of anilines is 2. The second-order valence-electron chi connectivity index (χ2n) is 7.47. The smallest absolute Gasteiger partial charge is 0.416 e. The van der Waals surface area contributed by atoms with Crippen LogP contribution in [-0.4, -0.2) is 30.5 Å². The van der Waals surface area contributed by atoms with Crippen LogP contribution in [0.1, 0.15) is 16.7 Å². The topological polar surface area (TPSA) is 109 Å². The Balaban J connectivity index is 1.54. The maximum Gasteiger partial charge on any atom is 0.416 e.